The van der Waals surface area contributed by atoms with E-state index in [2.05, 4.69) is 6.92 Å². The van der Waals surface area contributed by atoms with Crippen molar-refractivity contribution >= 4 is 22.2 Å². The molecule has 0 unspecified atom stereocenters. The summed E-state index contributed by atoms with van der Waals surface area (Å²) in [5.41, 5.74) is 2.22. The minimum atomic E-state index is -3.66. The van der Waals surface area contributed by atoms with Gasteiger partial charge in [0.15, 0.2) is 11.5 Å². The lowest BCUT2D eigenvalue weighted by atomic mass is 10.1. The monoisotopic (exact) mass is 504 g/mol. The van der Waals surface area contributed by atoms with E-state index in [1.165, 1.54) is 7.11 Å². The first-order chi connectivity index (χ1) is 16.8. The molecule has 2 aromatic carbocycles. The Morgan fingerprint density at radius 1 is 0.943 bits per heavy atom. The number of carbonyl (C=O) groups excluding carboxylic acids is 1. The van der Waals surface area contributed by atoms with Crippen LogP contribution in [0.1, 0.15) is 67.9 Å². The number of hydrogen-bond acceptors (Lipinski definition) is 7. The molecule has 0 saturated heterocycles. The summed E-state index contributed by atoms with van der Waals surface area (Å²) in [5, 5.41) is 0. The van der Waals surface area contributed by atoms with Gasteiger partial charge in [-0.3, -0.25) is 0 Å². The topological polar surface area (TPSA) is 88.1 Å². The number of rotatable bonds is 15. The number of ether oxygens (including phenoxy) is 3. The number of allylic oxidation sites excluding steroid dienone is 1. The fourth-order valence-electron chi connectivity index (χ4n) is 3.19. The summed E-state index contributed by atoms with van der Waals surface area (Å²) in [6.07, 6.45) is 7.70. The summed E-state index contributed by atoms with van der Waals surface area (Å²) in [6, 6.07) is 10.4. The maximum Gasteiger partial charge on any atom is 0.338 e. The maximum absolute atomic E-state index is 12.1. The van der Waals surface area contributed by atoms with Gasteiger partial charge in [-0.15, -0.1) is 0 Å². The molecule has 0 N–H and O–H groups in total. The average molecular weight is 505 g/mol. The molecule has 0 radical (unpaired) electrons. The molecule has 8 heteroatoms. The van der Waals surface area contributed by atoms with Crippen molar-refractivity contribution in [3.63, 3.8) is 0 Å². The van der Waals surface area contributed by atoms with E-state index in [0.717, 1.165) is 30.4 Å². The highest BCUT2D eigenvalue weighted by atomic mass is 32.2. The van der Waals surface area contributed by atoms with Crippen LogP contribution < -0.4 is 13.7 Å². The lowest BCUT2D eigenvalue weighted by molar-refractivity contribution is 0.0526. The quantitative estimate of drug-likeness (QED) is 0.172. The van der Waals surface area contributed by atoms with E-state index < -0.39 is 10.1 Å². The van der Waals surface area contributed by atoms with E-state index in [9.17, 15) is 13.2 Å². The van der Waals surface area contributed by atoms with E-state index >= 15 is 0 Å². The number of methoxy groups -OCH3 is 1. The molecule has 0 saturated carbocycles. The van der Waals surface area contributed by atoms with Gasteiger partial charge in [-0.1, -0.05) is 51.0 Å². The van der Waals surface area contributed by atoms with Gasteiger partial charge >= 0.3 is 16.1 Å². The van der Waals surface area contributed by atoms with E-state index in [0.29, 0.717) is 43.1 Å². The van der Waals surface area contributed by atoms with Crippen LogP contribution in [0, 0.1) is 0 Å². The molecule has 7 nitrogen and oxygen atoms in total. The molecule has 2 aromatic rings. The summed E-state index contributed by atoms with van der Waals surface area (Å²) in [5.74, 6) is 0.749. The Hall–Kier alpha value is -3.00. The normalized spacial score (nSPS) is 11.4. The molecule has 2 rings (SSSR count). The van der Waals surface area contributed by atoms with Crippen molar-refractivity contribution in [3.05, 3.63) is 59.2 Å². The Kier molecular flexibility index (Phi) is 11.6. The highest BCUT2D eigenvalue weighted by molar-refractivity contribution is 7.87. The maximum atomic E-state index is 12.1. The lowest BCUT2D eigenvalue weighted by Gasteiger charge is -2.12. The van der Waals surface area contributed by atoms with Gasteiger partial charge in [0.1, 0.15) is 5.75 Å². The molecule has 35 heavy (non-hydrogen) atoms. The third-order valence-electron chi connectivity index (χ3n) is 5.12. The number of hydrogen-bond donors (Lipinski definition) is 0. The molecule has 0 bridgehead atoms. The fraction of sp³-hybridized carbons (Fsp3) is 0.444. The molecule has 0 aliphatic rings. The first kappa shape index (κ1) is 28.2. The van der Waals surface area contributed by atoms with Gasteiger partial charge in [-0.05, 0) is 56.0 Å². The molecule has 192 valence electrons. The summed E-state index contributed by atoms with van der Waals surface area (Å²) in [6.45, 7) is 6.65. The summed E-state index contributed by atoms with van der Waals surface area (Å²) in [7, 11) is -2.19. The standard InChI is InChI=1S/C27H36O7S/c1-5-8-17-33-25-20-23(27(28)32-7-3)15-14-22(25)12-10-11-21-13-16-24(26(19-21)31-4)34-35(29,30)18-9-6-2/h10,12-16,19-20H,5-9,11,17-18H2,1-4H3. The molecule has 0 amide bonds. The van der Waals surface area contributed by atoms with Crippen LogP contribution in [-0.4, -0.2) is 40.5 Å². The van der Waals surface area contributed by atoms with Crippen LogP contribution in [0.5, 0.6) is 17.2 Å². The molecule has 0 aliphatic heterocycles. The molecule has 0 aromatic heterocycles. The molecular formula is C27H36O7S. The second-order valence-electron chi connectivity index (χ2n) is 7.97. The number of unbranched alkanes of at least 4 members (excludes halogenated alkanes) is 2. The Bertz CT molecular complexity index is 1090. The summed E-state index contributed by atoms with van der Waals surface area (Å²) < 4.78 is 45.9. The second kappa shape index (κ2) is 14.4. The van der Waals surface area contributed by atoms with E-state index in [1.807, 2.05) is 25.1 Å². The van der Waals surface area contributed by atoms with E-state index in [4.69, 9.17) is 18.4 Å². The Balaban J connectivity index is 2.17. The fourth-order valence-corrected chi connectivity index (χ4v) is 4.33. The van der Waals surface area contributed by atoms with Crippen molar-refractivity contribution in [1.29, 1.82) is 0 Å². The minimum Gasteiger partial charge on any atom is -0.493 e. The summed E-state index contributed by atoms with van der Waals surface area (Å²) in [4.78, 5) is 12.1. The van der Waals surface area contributed by atoms with Gasteiger partial charge in [0.05, 0.1) is 31.6 Å². The number of benzene rings is 2. The van der Waals surface area contributed by atoms with Gasteiger partial charge < -0.3 is 18.4 Å². The Morgan fingerprint density at radius 2 is 1.71 bits per heavy atom. The van der Waals surface area contributed by atoms with Crippen molar-refractivity contribution < 1.29 is 31.6 Å². The Morgan fingerprint density at radius 3 is 2.40 bits per heavy atom. The van der Waals surface area contributed by atoms with Crippen molar-refractivity contribution in [2.24, 2.45) is 0 Å². The SMILES string of the molecule is CCCCOc1cc(C(=O)OCC)ccc1C=CCc1ccc(OS(=O)(=O)CCCC)c(OC)c1. The zero-order valence-corrected chi connectivity index (χ0v) is 21.9. The first-order valence-corrected chi connectivity index (χ1v) is 13.6. The zero-order chi connectivity index (χ0) is 25.7. The van der Waals surface area contributed by atoms with Crippen LogP contribution in [0.4, 0.5) is 0 Å². The van der Waals surface area contributed by atoms with Gasteiger partial charge in [0, 0.05) is 5.56 Å². The largest absolute Gasteiger partial charge is 0.493 e. The first-order valence-electron chi connectivity index (χ1n) is 12.0. The molecule has 0 fully saturated rings. The van der Waals surface area contributed by atoms with Crippen molar-refractivity contribution in [2.75, 3.05) is 26.1 Å². The summed E-state index contributed by atoms with van der Waals surface area (Å²) >= 11 is 0. The van der Waals surface area contributed by atoms with Crippen LogP contribution in [0.25, 0.3) is 6.08 Å². The molecular weight excluding hydrogens is 468 g/mol. The number of esters is 1. The minimum absolute atomic E-state index is 0.0330. The van der Waals surface area contributed by atoms with Crippen LogP contribution in [0.2, 0.25) is 0 Å². The van der Waals surface area contributed by atoms with Crippen molar-refractivity contribution in [1.82, 2.24) is 0 Å². The Labute approximate surface area is 209 Å². The highest BCUT2D eigenvalue weighted by Gasteiger charge is 2.16. The van der Waals surface area contributed by atoms with Crippen LogP contribution in [0.3, 0.4) is 0 Å². The second-order valence-corrected chi connectivity index (χ2v) is 9.66. The van der Waals surface area contributed by atoms with Gasteiger partial charge in [-0.25, -0.2) is 4.79 Å². The molecule has 0 heterocycles. The molecule has 0 atom stereocenters. The van der Waals surface area contributed by atoms with Crippen molar-refractivity contribution in [2.45, 2.75) is 52.9 Å². The van der Waals surface area contributed by atoms with Crippen LogP contribution in [-0.2, 0) is 21.3 Å². The molecule has 0 spiro atoms. The van der Waals surface area contributed by atoms with E-state index in [-0.39, 0.29) is 17.5 Å². The van der Waals surface area contributed by atoms with Crippen LogP contribution in [0.15, 0.2) is 42.5 Å². The third-order valence-corrected chi connectivity index (χ3v) is 6.35. The smallest absolute Gasteiger partial charge is 0.338 e. The third kappa shape index (κ3) is 9.28. The lowest BCUT2D eigenvalue weighted by Crippen LogP contribution is -2.14. The van der Waals surface area contributed by atoms with Crippen LogP contribution >= 0.6 is 0 Å². The van der Waals surface area contributed by atoms with Gasteiger partial charge in [-0.2, -0.15) is 8.42 Å². The van der Waals surface area contributed by atoms with Crippen molar-refractivity contribution in [3.8, 4) is 17.2 Å². The predicted octanol–water partition coefficient (Wildman–Crippen LogP) is 5.82. The molecule has 0 aliphatic carbocycles. The van der Waals surface area contributed by atoms with Gasteiger partial charge in [0.25, 0.3) is 0 Å². The van der Waals surface area contributed by atoms with Gasteiger partial charge in [0.2, 0.25) is 0 Å². The number of carbonyl (C=O) groups is 1. The van der Waals surface area contributed by atoms with E-state index in [1.54, 1.807) is 37.3 Å². The zero-order valence-electron chi connectivity index (χ0n) is 21.0. The predicted molar refractivity (Wildman–Crippen MR) is 138 cm³/mol. The average Bonchev–Trinajstić information content (AvgIpc) is 2.84. The highest BCUT2D eigenvalue weighted by Crippen LogP contribution is 2.30.